The molecule has 0 spiro atoms. The van der Waals surface area contributed by atoms with E-state index in [0.29, 0.717) is 22.4 Å². The molecule has 0 radical (unpaired) electrons. The Morgan fingerprint density at radius 2 is 1.96 bits per heavy atom. The van der Waals surface area contributed by atoms with Crippen molar-refractivity contribution in [2.75, 3.05) is 18.5 Å². The summed E-state index contributed by atoms with van der Waals surface area (Å²) in [5.41, 5.74) is 5.07. The highest BCUT2D eigenvalue weighted by atomic mass is 32.1. The van der Waals surface area contributed by atoms with Crippen LogP contribution in [0, 0.1) is 0 Å². The minimum absolute atomic E-state index is 0.0509. The van der Waals surface area contributed by atoms with Crippen molar-refractivity contribution in [3.63, 3.8) is 0 Å². The Morgan fingerprint density at radius 1 is 1.18 bits per heavy atom. The van der Waals surface area contributed by atoms with Gasteiger partial charge < -0.3 is 4.98 Å². The molecule has 144 valence electrons. The fourth-order valence-corrected chi connectivity index (χ4v) is 4.88. The van der Waals surface area contributed by atoms with Gasteiger partial charge in [-0.1, -0.05) is 29.5 Å². The second-order valence-electron chi connectivity index (χ2n) is 6.79. The lowest BCUT2D eigenvalue weighted by atomic mass is 10.2. The van der Waals surface area contributed by atoms with E-state index in [1.807, 2.05) is 50.4 Å². The molecule has 0 aliphatic carbocycles. The van der Waals surface area contributed by atoms with Gasteiger partial charge in [0, 0.05) is 35.8 Å². The topological polar surface area (TPSA) is 85.7 Å². The molecule has 0 bridgehead atoms. The van der Waals surface area contributed by atoms with Crippen LogP contribution in [0.25, 0.3) is 17.0 Å². The molecule has 3 aromatic rings. The maximum absolute atomic E-state index is 13.0. The number of carbonyl (C=O) groups excluding carboxylic acids is 1. The Balaban J connectivity index is 1.64. The minimum Gasteiger partial charge on any atom is -0.361 e. The van der Waals surface area contributed by atoms with E-state index in [1.165, 1.54) is 16.0 Å². The number of aromatic amines is 1. The number of fused-ring (bicyclic) bond motifs is 3. The van der Waals surface area contributed by atoms with Crippen LogP contribution in [0.2, 0.25) is 0 Å². The highest BCUT2D eigenvalue weighted by Gasteiger charge is 2.46. The molecule has 2 amide bonds. The lowest BCUT2D eigenvalue weighted by Gasteiger charge is -2.28. The number of benzene rings is 1. The van der Waals surface area contributed by atoms with Crippen molar-refractivity contribution in [3.8, 4) is 0 Å². The van der Waals surface area contributed by atoms with Crippen LogP contribution in [0.1, 0.15) is 19.4 Å². The zero-order valence-corrected chi connectivity index (χ0v) is 16.4. The van der Waals surface area contributed by atoms with Crippen molar-refractivity contribution in [2.24, 2.45) is 4.99 Å². The Kier molecular flexibility index (Phi) is 3.80. The van der Waals surface area contributed by atoms with Crippen LogP contribution in [-0.2, 0) is 0 Å². The quantitative estimate of drug-likeness (QED) is 0.688. The molecule has 2 N–H and O–H groups in total. The third-order valence-electron chi connectivity index (χ3n) is 5.33. The Bertz CT molecular complexity index is 1260. The number of hydrogen-bond donors (Lipinski definition) is 2. The number of H-pyrrole nitrogens is 1. The van der Waals surface area contributed by atoms with Gasteiger partial charge in [0.25, 0.3) is 5.56 Å². The van der Waals surface area contributed by atoms with Crippen LogP contribution >= 0.6 is 11.3 Å². The van der Waals surface area contributed by atoms with Crippen molar-refractivity contribution in [1.82, 2.24) is 19.5 Å². The van der Waals surface area contributed by atoms with Crippen LogP contribution in [0.15, 0.2) is 40.2 Å². The molecule has 5 rings (SSSR count). The second kappa shape index (κ2) is 6.23. The molecule has 2 unspecified atom stereocenters. The van der Waals surface area contributed by atoms with Gasteiger partial charge in [0.05, 0.1) is 4.53 Å². The number of nitrogens with one attached hydrogen (secondary N) is 2. The number of thiazole rings is 1. The summed E-state index contributed by atoms with van der Waals surface area (Å²) in [6.45, 7) is 5.00. The molecule has 1 fully saturated rings. The third kappa shape index (κ3) is 2.32. The fourth-order valence-electron chi connectivity index (χ4n) is 3.93. The van der Waals surface area contributed by atoms with Gasteiger partial charge in [-0.2, -0.15) is 4.68 Å². The molecule has 8 nitrogen and oxygen atoms in total. The molecule has 4 heterocycles. The van der Waals surface area contributed by atoms with E-state index in [1.54, 1.807) is 9.80 Å². The first kappa shape index (κ1) is 17.1. The molecule has 1 aromatic carbocycles. The summed E-state index contributed by atoms with van der Waals surface area (Å²) in [7, 11) is 0. The lowest BCUT2D eigenvalue weighted by molar-refractivity contribution is 0.189. The predicted molar refractivity (Wildman–Crippen MR) is 108 cm³/mol. The average Bonchev–Trinajstić information content (AvgIpc) is 3.33. The number of carbonyl (C=O) groups is 1. The number of rotatable bonds is 3. The summed E-state index contributed by atoms with van der Waals surface area (Å²) in [5.74, 6) is 0. The molecule has 28 heavy (non-hydrogen) atoms. The van der Waals surface area contributed by atoms with Gasteiger partial charge in [-0.25, -0.2) is 9.79 Å². The maximum Gasteiger partial charge on any atom is 0.323 e. The number of likely N-dealkylation sites (N-methyl/N-ethyl adjacent to an activating group) is 2. The molecular formula is C19H20N6O2S. The van der Waals surface area contributed by atoms with Crippen LogP contribution in [0.4, 0.5) is 4.79 Å². The molecule has 9 heteroatoms. The van der Waals surface area contributed by atoms with Crippen molar-refractivity contribution in [3.05, 3.63) is 55.7 Å². The zero-order valence-electron chi connectivity index (χ0n) is 15.5. The van der Waals surface area contributed by atoms with E-state index in [2.05, 4.69) is 10.4 Å². The molecule has 2 atom stereocenters. The molecule has 2 aliphatic rings. The van der Waals surface area contributed by atoms with Crippen LogP contribution in [-0.4, -0.2) is 50.9 Å². The van der Waals surface area contributed by atoms with Crippen LogP contribution in [0.5, 0.6) is 0 Å². The third-order valence-corrected chi connectivity index (χ3v) is 6.31. The SMILES string of the molecule is CCN1C(=O)N(CC)C2Nn3c(s/c(=C\c4c[nH]c5ccccc45)c3=O)=NC21. The zero-order chi connectivity index (χ0) is 19.4. The van der Waals surface area contributed by atoms with Gasteiger partial charge in [0.15, 0.2) is 12.3 Å². The lowest BCUT2D eigenvalue weighted by Crippen LogP contribution is -2.55. The number of para-hydroxylation sites is 1. The van der Waals surface area contributed by atoms with E-state index in [4.69, 9.17) is 4.99 Å². The summed E-state index contributed by atoms with van der Waals surface area (Å²) >= 11 is 1.34. The first-order valence-corrected chi connectivity index (χ1v) is 10.1. The molecule has 0 saturated carbocycles. The Labute approximate surface area is 164 Å². The first-order chi connectivity index (χ1) is 13.6. The number of urea groups is 1. The Hall–Kier alpha value is -3.07. The van der Waals surface area contributed by atoms with E-state index in [-0.39, 0.29) is 23.9 Å². The maximum atomic E-state index is 13.0. The van der Waals surface area contributed by atoms with Gasteiger partial charge in [-0.3, -0.25) is 20.0 Å². The van der Waals surface area contributed by atoms with Gasteiger partial charge in [-0.05, 0) is 26.0 Å². The number of nitrogens with zero attached hydrogens (tertiary/aromatic N) is 4. The van der Waals surface area contributed by atoms with Crippen molar-refractivity contribution >= 4 is 34.3 Å². The standard InChI is InChI=1S/C19H20N6O2S/c1-3-23-15-16(24(4-2)19(23)27)22-25-17(26)14(28-18(25)21-15)9-11-10-20-13-8-6-5-7-12(11)13/h5-10,15-16,20,22H,3-4H2,1-2H3/b14-9-. The molecule has 2 aromatic heterocycles. The highest BCUT2D eigenvalue weighted by Crippen LogP contribution is 2.23. The minimum atomic E-state index is -0.335. The Morgan fingerprint density at radius 3 is 2.75 bits per heavy atom. The van der Waals surface area contributed by atoms with Crippen molar-refractivity contribution in [1.29, 1.82) is 0 Å². The predicted octanol–water partition coefficient (Wildman–Crippen LogP) is 0.826. The fraction of sp³-hybridized carbons (Fsp3) is 0.316. The van der Waals surface area contributed by atoms with Crippen LogP contribution in [0.3, 0.4) is 0 Å². The number of hydrogen-bond acceptors (Lipinski definition) is 5. The second-order valence-corrected chi connectivity index (χ2v) is 7.80. The van der Waals surface area contributed by atoms with E-state index >= 15 is 0 Å². The average molecular weight is 396 g/mol. The monoisotopic (exact) mass is 396 g/mol. The van der Waals surface area contributed by atoms with Crippen LogP contribution < -0.4 is 20.3 Å². The van der Waals surface area contributed by atoms with Crippen molar-refractivity contribution in [2.45, 2.75) is 26.2 Å². The van der Waals surface area contributed by atoms with E-state index < -0.39 is 0 Å². The van der Waals surface area contributed by atoms with Gasteiger partial charge in [0.2, 0.25) is 4.80 Å². The summed E-state index contributed by atoms with van der Waals surface area (Å²) in [6, 6.07) is 7.94. The first-order valence-electron chi connectivity index (χ1n) is 9.33. The molecular weight excluding hydrogens is 376 g/mol. The smallest absolute Gasteiger partial charge is 0.323 e. The summed E-state index contributed by atoms with van der Waals surface area (Å²) < 4.78 is 2.08. The summed E-state index contributed by atoms with van der Waals surface area (Å²) in [5, 5.41) is 1.07. The summed E-state index contributed by atoms with van der Waals surface area (Å²) in [4.78, 5) is 37.5. The normalized spacial score (nSPS) is 21.6. The number of amides is 2. The van der Waals surface area contributed by atoms with E-state index in [0.717, 1.165) is 16.5 Å². The van der Waals surface area contributed by atoms with Gasteiger partial charge in [-0.15, -0.1) is 0 Å². The largest absolute Gasteiger partial charge is 0.361 e. The molecule has 2 aliphatic heterocycles. The van der Waals surface area contributed by atoms with Gasteiger partial charge in [0.1, 0.15) is 0 Å². The highest BCUT2D eigenvalue weighted by molar-refractivity contribution is 7.07. The summed E-state index contributed by atoms with van der Waals surface area (Å²) in [6.07, 6.45) is 3.14. The van der Waals surface area contributed by atoms with Gasteiger partial charge >= 0.3 is 6.03 Å². The van der Waals surface area contributed by atoms with E-state index in [9.17, 15) is 9.59 Å². The number of aromatic nitrogens is 2. The van der Waals surface area contributed by atoms with Crippen molar-refractivity contribution < 1.29 is 4.79 Å². The molecule has 1 saturated heterocycles.